The van der Waals surface area contributed by atoms with E-state index >= 15 is 0 Å². The van der Waals surface area contributed by atoms with Gasteiger partial charge >= 0.3 is 6.18 Å². The van der Waals surface area contributed by atoms with E-state index in [0.717, 1.165) is 6.07 Å². The molecule has 0 bridgehead atoms. The molecule has 0 aliphatic heterocycles. The standard InChI is InChI=1S/C11H11BrF3N/c1-2-3-10(16)7-4-5-9(12)8(6-7)11(13,14)15/h2,4-6,10H,1,3,16H2. The van der Waals surface area contributed by atoms with Gasteiger partial charge in [-0.2, -0.15) is 13.2 Å². The molecular formula is C11H11BrF3N. The van der Waals surface area contributed by atoms with Crippen molar-refractivity contribution >= 4 is 15.9 Å². The fourth-order valence-electron chi connectivity index (χ4n) is 1.31. The SMILES string of the molecule is C=CCC(N)c1ccc(Br)c(C(F)(F)F)c1. The van der Waals surface area contributed by atoms with Gasteiger partial charge in [-0.05, 0) is 24.1 Å². The molecule has 1 nitrogen and oxygen atoms in total. The van der Waals surface area contributed by atoms with Crippen LogP contribution in [0.5, 0.6) is 0 Å². The molecule has 0 fully saturated rings. The van der Waals surface area contributed by atoms with Crippen LogP contribution in [0, 0.1) is 0 Å². The molecule has 0 aliphatic rings. The first-order valence-corrected chi connectivity index (χ1v) is 5.38. The number of benzene rings is 1. The minimum atomic E-state index is -4.37. The van der Waals surface area contributed by atoms with Crippen molar-refractivity contribution in [1.29, 1.82) is 0 Å². The van der Waals surface area contributed by atoms with Crippen LogP contribution in [0.2, 0.25) is 0 Å². The number of rotatable bonds is 3. The molecule has 0 heterocycles. The van der Waals surface area contributed by atoms with Gasteiger partial charge in [0.15, 0.2) is 0 Å². The third-order valence-electron chi connectivity index (χ3n) is 2.14. The second-order valence-electron chi connectivity index (χ2n) is 3.37. The Morgan fingerprint density at radius 2 is 2.06 bits per heavy atom. The van der Waals surface area contributed by atoms with Crippen molar-refractivity contribution < 1.29 is 13.2 Å². The maximum Gasteiger partial charge on any atom is 0.417 e. The van der Waals surface area contributed by atoms with Crippen molar-refractivity contribution in [2.45, 2.75) is 18.6 Å². The molecule has 1 rings (SSSR count). The fraction of sp³-hybridized carbons (Fsp3) is 0.273. The van der Waals surface area contributed by atoms with E-state index in [4.69, 9.17) is 5.73 Å². The van der Waals surface area contributed by atoms with Crippen LogP contribution in [0.25, 0.3) is 0 Å². The summed E-state index contributed by atoms with van der Waals surface area (Å²) in [6.07, 6.45) is -2.35. The average molecular weight is 294 g/mol. The Labute approximate surface area is 100 Å². The summed E-state index contributed by atoms with van der Waals surface area (Å²) in [6, 6.07) is 3.55. The lowest BCUT2D eigenvalue weighted by Gasteiger charge is -2.14. The van der Waals surface area contributed by atoms with Gasteiger partial charge in [-0.15, -0.1) is 6.58 Å². The summed E-state index contributed by atoms with van der Waals surface area (Å²) in [5.74, 6) is 0. The third-order valence-corrected chi connectivity index (χ3v) is 2.84. The number of nitrogens with two attached hydrogens (primary N) is 1. The highest BCUT2D eigenvalue weighted by Gasteiger charge is 2.33. The molecule has 0 spiro atoms. The molecule has 0 aromatic heterocycles. The quantitative estimate of drug-likeness (QED) is 0.836. The van der Waals surface area contributed by atoms with E-state index < -0.39 is 17.8 Å². The van der Waals surface area contributed by atoms with E-state index in [1.165, 1.54) is 6.07 Å². The molecule has 2 N–H and O–H groups in total. The van der Waals surface area contributed by atoms with E-state index in [-0.39, 0.29) is 4.47 Å². The van der Waals surface area contributed by atoms with Crippen molar-refractivity contribution in [1.82, 2.24) is 0 Å². The van der Waals surface area contributed by atoms with Gasteiger partial charge in [0.05, 0.1) is 5.56 Å². The van der Waals surface area contributed by atoms with Crippen LogP contribution in [0.15, 0.2) is 35.3 Å². The van der Waals surface area contributed by atoms with Crippen LogP contribution in [0.4, 0.5) is 13.2 Å². The van der Waals surface area contributed by atoms with Crippen molar-refractivity contribution in [2.24, 2.45) is 5.73 Å². The lowest BCUT2D eigenvalue weighted by Crippen LogP contribution is -2.12. The van der Waals surface area contributed by atoms with Crippen LogP contribution < -0.4 is 5.73 Å². The summed E-state index contributed by atoms with van der Waals surface area (Å²) in [7, 11) is 0. The normalized spacial score (nSPS) is 13.6. The summed E-state index contributed by atoms with van der Waals surface area (Å²) in [5, 5.41) is 0. The van der Waals surface area contributed by atoms with Crippen LogP contribution in [0.3, 0.4) is 0 Å². The predicted octanol–water partition coefficient (Wildman–Crippen LogP) is 4.04. The van der Waals surface area contributed by atoms with Crippen molar-refractivity contribution in [3.05, 3.63) is 46.5 Å². The lowest BCUT2D eigenvalue weighted by molar-refractivity contribution is -0.138. The Bertz CT molecular complexity index is 387. The molecule has 1 unspecified atom stereocenters. The average Bonchev–Trinajstić information content (AvgIpc) is 2.16. The highest BCUT2D eigenvalue weighted by atomic mass is 79.9. The van der Waals surface area contributed by atoms with Crippen LogP contribution in [0.1, 0.15) is 23.6 Å². The molecular weight excluding hydrogens is 283 g/mol. The minimum absolute atomic E-state index is 0.0227. The molecule has 5 heteroatoms. The Balaban J connectivity index is 3.12. The maximum atomic E-state index is 12.6. The van der Waals surface area contributed by atoms with E-state index in [9.17, 15) is 13.2 Å². The summed E-state index contributed by atoms with van der Waals surface area (Å²) in [6.45, 7) is 3.50. The summed E-state index contributed by atoms with van der Waals surface area (Å²) >= 11 is 2.87. The largest absolute Gasteiger partial charge is 0.417 e. The Morgan fingerprint density at radius 3 is 2.56 bits per heavy atom. The topological polar surface area (TPSA) is 26.0 Å². The summed E-state index contributed by atoms with van der Waals surface area (Å²) in [5.41, 5.74) is 5.46. The van der Waals surface area contributed by atoms with Gasteiger partial charge in [-0.1, -0.05) is 28.1 Å². The molecule has 16 heavy (non-hydrogen) atoms. The monoisotopic (exact) mass is 293 g/mol. The molecule has 0 aliphatic carbocycles. The Kier molecular flexibility index (Phi) is 4.15. The molecule has 0 amide bonds. The molecule has 1 aromatic rings. The highest BCUT2D eigenvalue weighted by Crippen LogP contribution is 2.36. The minimum Gasteiger partial charge on any atom is -0.324 e. The molecule has 88 valence electrons. The number of halogens is 4. The fourth-order valence-corrected chi connectivity index (χ4v) is 1.78. The van der Waals surface area contributed by atoms with E-state index in [1.807, 2.05) is 0 Å². The van der Waals surface area contributed by atoms with Gasteiger partial charge in [0.25, 0.3) is 0 Å². The van der Waals surface area contributed by atoms with E-state index in [0.29, 0.717) is 12.0 Å². The molecule has 0 radical (unpaired) electrons. The molecule has 1 aromatic carbocycles. The van der Waals surface area contributed by atoms with E-state index in [1.54, 1.807) is 12.1 Å². The van der Waals surface area contributed by atoms with Crippen LogP contribution in [-0.4, -0.2) is 0 Å². The zero-order chi connectivity index (χ0) is 12.3. The number of hydrogen-bond donors (Lipinski definition) is 1. The first-order chi connectivity index (χ1) is 7.36. The van der Waals surface area contributed by atoms with Gasteiger partial charge in [0.1, 0.15) is 0 Å². The van der Waals surface area contributed by atoms with Gasteiger partial charge in [0.2, 0.25) is 0 Å². The smallest absolute Gasteiger partial charge is 0.324 e. The van der Waals surface area contributed by atoms with Gasteiger partial charge in [-0.25, -0.2) is 0 Å². The summed E-state index contributed by atoms with van der Waals surface area (Å²) < 4.78 is 37.8. The molecule has 0 saturated heterocycles. The zero-order valence-corrected chi connectivity index (χ0v) is 9.98. The Hall–Kier alpha value is -0.810. The number of hydrogen-bond acceptors (Lipinski definition) is 1. The van der Waals surface area contributed by atoms with Crippen LogP contribution in [-0.2, 0) is 6.18 Å². The summed E-state index contributed by atoms with van der Waals surface area (Å²) in [4.78, 5) is 0. The first kappa shape index (κ1) is 13.3. The van der Waals surface area contributed by atoms with Gasteiger partial charge < -0.3 is 5.73 Å². The van der Waals surface area contributed by atoms with Gasteiger partial charge in [0, 0.05) is 10.5 Å². The van der Waals surface area contributed by atoms with Crippen LogP contribution >= 0.6 is 15.9 Å². The van der Waals surface area contributed by atoms with Gasteiger partial charge in [-0.3, -0.25) is 0 Å². The second kappa shape index (κ2) is 5.01. The predicted molar refractivity (Wildman–Crippen MR) is 60.9 cm³/mol. The van der Waals surface area contributed by atoms with Crippen molar-refractivity contribution in [3.8, 4) is 0 Å². The zero-order valence-electron chi connectivity index (χ0n) is 8.39. The second-order valence-corrected chi connectivity index (χ2v) is 4.22. The number of alkyl halides is 3. The van der Waals surface area contributed by atoms with E-state index in [2.05, 4.69) is 22.5 Å². The molecule has 1 atom stereocenters. The van der Waals surface area contributed by atoms with Crippen molar-refractivity contribution in [2.75, 3.05) is 0 Å². The third kappa shape index (κ3) is 3.09. The highest BCUT2D eigenvalue weighted by molar-refractivity contribution is 9.10. The first-order valence-electron chi connectivity index (χ1n) is 4.59. The lowest BCUT2D eigenvalue weighted by atomic mass is 10.0. The Morgan fingerprint density at radius 1 is 1.44 bits per heavy atom. The maximum absolute atomic E-state index is 12.6. The van der Waals surface area contributed by atoms with Crippen molar-refractivity contribution in [3.63, 3.8) is 0 Å². The molecule has 0 saturated carbocycles.